The summed E-state index contributed by atoms with van der Waals surface area (Å²) in [6, 6.07) is 8.34. The maximum absolute atomic E-state index is 12.1. The summed E-state index contributed by atoms with van der Waals surface area (Å²) in [7, 11) is -4.37. The van der Waals surface area contributed by atoms with E-state index in [9.17, 15) is 32.5 Å². The van der Waals surface area contributed by atoms with Crippen molar-refractivity contribution in [2.75, 3.05) is 29.9 Å². The predicted molar refractivity (Wildman–Crippen MR) is 145 cm³/mol. The fourth-order valence-electron chi connectivity index (χ4n) is 3.00. The van der Waals surface area contributed by atoms with Gasteiger partial charge in [0.2, 0.25) is 5.91 Å². The van der Waals surface area contributed by atoms with Gasteiger partial charge in [0.15, 0.2) is 0 Å². The number of carbonyl (C=O) groups is 3. The molecule has 2 aromatic carbocycles. The van der Waals surface area contributed by atoms with Crippen molar-refractivity contribution in [2.24, 2.45) is 0 Å². The molecule has 2 aromatic rings. The average molecular weight is 558 g/mol. The molecule has 0 radical (unpaired) electrons. The molecule has 13 heteroatoms. The Morgan fingerprint density at radius 2 is 1.65 bits per heavy atom. The largest absolute Gasteiger partial charge is 0.480 e. The second-order valence-corrected chi connectivity index (χ2v) is 10.9. The van der Waals surface area contributed by atoms with Gasteiger partial charge >= 0.3 is 12.1 Å². The van der Waals surface area contributed by atoms with Gasteiger partial charge in [-0.15, -0.1) is 11.8 Å². The lowest BCUT2D eigenvalue weighted by Crippen LogP contribution is -2.45. The van der Waals surface area contributed by atoms with Crippen molar-refractivity contribution in [3.05, 3.63) is 36.4 Å². The lowest BCUT2D eigenvalue weighted by molar-refractivity contribution is -0.138. The minimum Gasteiger partial charge on any atom is -0.480 e. The van der Waals surface area contributed by atoms with Crippen molar-refractivity contribution in [3.63, 3.8) is 0 Å². The third kappa shape index (κ3) is 11.3. The molecule has 1 atom stereocenters. The Bertz CT molecular complexity index is 1180. The minimum absolute atomic E-state index is 0.00817. The Morgan fingerprint density at radius 3 is 2.24 bits per heavy atom. The van der Waals surface area contributed by atoms with E-state index in [4.69, 9.17) is 4.74 Å². The Balaban J connectivity index is 0.00000334. The summed E-state index contributed by atoms with van der Waals surface area (Å²) < 4.78 is 37.7. The van der Waals surface area contributed by atoms with Crippen molar-refractivity contribution in [1.29, 1.82) is 0 Å². The van der Waals surface area contributed by atoms with Crippen LogP contribution in [0.3, 0.4) is 0 Å². The number of anilines is 1. The maximum Gasteiger partial charge on any atom is 0.408 e. The molecule has 5 N–H and O–H groups in total. The Morgan fingerprint density at radius 1 is 1.03 bits per heavy atom. The molecule has 2 amide bonds. The molecule has 37 heavy (non-hydrogen) atoms. The molecule has 0 aliphatic heterocycles. The van der Waals surface area contributed by atoms with Crippen LogP contribution in [-0.4, -0.2) is 72.3 Å². The molecule has 0 fully saturated rings. The van der Waals surface area contributed by atoms with Gasteiger partial charge in [-0.25, -0.2) is 9.59 Å². The number of alkyl carbamates (subject to hydrolysis) is 1. The van der Waals surface area contributed by atoms with Crippen LogP contribution in [0.4, 0.5) is 10.5 Å². The fourth-order valence-corrected chi connectivity index (χ4v) is 4.58. The van der Waals surface area contributed by atoms with Gasteiger partial charge in [-0.2, -0.15) is 8.42 Å². The number of nitrogens with one attached hydrogen (secondary N) is 3. The second kappa shape index (κ2) is 14.6. The van der Waals surface area contributed by atoms with E-state index in [0.29, 0.717) is 23.0 Å². The van der Waals surface area contributed by atoms with E-state index in [0.717, 1.165) is 11.8 Å². The number of benzene rings is 2. The lowest BCUT2D eigenvalue weighted by Gasteiger charge is -2.21. The quantitative estimate of drug-likeness (QED) is 0.204. The standard InChI is InChI=1S/C22H29N3O8S2.C2H6/c1-22(2,3)33-21(29)25-17(20(27)28)12-34-13-19(26)24-11-10-23-16-8-4-7-15-14(16)6-5-9-18(15)35(30,31)32;1-2/h4-9,17,23H,10-13H2,1-3H3,(H,24,26)(H,25,29)(H,27,28)(H,30,31,32);1-2H3. The normalized spacial score (nSPS) is 12.1. The SMILES string of the molecule is CC.CC(C)(C)OC(=O)NC(CSCC(=O)NCCNc1cccc2c(S(=O)(=O)O)cccc12)C(=O)O. The zero-order chi connectivity index (χ0) is 28.2. The summed E-state index contributed by atoms with van der Waals surface area (Å²) in [5, 5.41) is 18.3. The number of hydrogen-bond acceptors (Lipinski definition) is 8. The van der Waals surface area contributed by atoms with Crippen LogP contribution in [-0.2, 0) is 24.4 Å². The van der Waals surface area contributed by atoms with Gasteiger partial charge in [-0.3, -0.25) is 9.35 Å². The molecule has 0 saturated heterocycles. The lowest BCUT2D eigenvalue weighted by atomic mass is 10.1. The first kappa shape index (κ1) is 32.0. The molecule has 0 bridgehead atoms. The number of aliphatic carboxylic acids is 1. The summed E-state index contributed by atoms with van der Waals surface area (Å²) in [5.41, 5.74) is -0.131. The molecule has 0 aliphatic rings. The van der Waals surface area contributed by atoms with Crippen molar-refractivity contribution in [2.45, 2.75) is 51.2 Å². The van der Waals surface area contributed by atoms with Crippen molar-refractivity contribution in [1.82, 2.24) is 10.6 Å². The number of ether oxygens (including phenoxy) is 1. The molecule has 1 unspecified atom stereocenters. The van der Waals surface area contributed by atoms with Crippen molar-refractivity contribution < 1.29 is 37.2 Å². The molecule has 0 aliphatic carbocycles. The number of carboxylic acid groups (broad SMARTS) is 1. The Kier molecular flexibility index (Phi) is 12.7. The molecule has 0 saturated carbocycles. The zero-order valence-corrected chi connectivity index (χ0v) is 23.2. The van der Waals surface area contributed by atoms with E-state index in [-0.39, 0.29) is 28.9 Å². The second-order valence-electron chi connectivity index (χ2n) is 8.46. The monoisotopic (exact) mass is 557 g/mol. The van der Waals surface area contributed by atoms with Crippen LogP contribution in [0.5, 0.6) is 0 Å². The average Bonchev–Trinajstić information content (AvgIpc) is 2.80. The molecule has 206 valence electrons. The van der Waals surface area contributed by atoms with E-state index in [1.54, 1.807) is 45.0 Å². The highest BCUT2D eigenvalue weighted by Gasteiger charge is 2.24. The summed E-state index contributed by atoms with van der Waals surface area (Å²) in [6.07, 6.45) is -0.849. The van der Waals surface area contributed by atoms with E-state index in [1.807, 2.05) is 13.8 Å². The van der Waals surface area contributed by atoms with Crippen LogP contribution < -0.4 is 16.0 Å². The van der Waals surface area contributed by atoms with Crippen molar-refractivity contribution in [3.8, 4) is 0 Å². The zero-order valence-electron chi connectivity index (χ0n) is 21.5. The topological polar surface area (TPSA) is 171 Å². The van der Waals surface area contributed by atoms with Gasteiger partial charge < -0.3 is 25.8 Å². The Hall–Kier alpha value is -3.03. The van der Waals surface area contributed by atoms with Gasteiger partial charge in [0, 0.05) is 35.3 Å². The first-order valence-electron chi connectivity index (χ1n) is 11.6. The number of rotatable bonds is 11. The number of carbonyl (C=O) groups excluding carboxylic acids is 2. The molecular weight excluding hydrogens is 522 g/mol. The van der Waals surface area contributed by atoms with Crippen molar-refractivity contribution >= 4 is 56.3 Å². The highest BCUT2D eigenvalue weighted by molar-refractivity contribution is 8.00. The molecule has 0 aromatic heterocycles. The first-order valence-corrected chi connectivity index (χ1v) is 14.2. The van der Waals surface area contributed by atoms with Crippen LogP contribution in [0.25, 0.3) is 10.8 Å². The van der Waals surface area contributed by atoms with Gasteiger partial charge in [0.05, 0.1) is 5.75 Å². The summed E-state index contributed by atoms with van der Waals surface area (Å²) in [6.45, 7) is 9.57. The molecule has 11 nitrogen and oxygen atoms in total. The van der Waals surface area contributed by atoms with Gasteiger partial charge in [0.25, 0.3) is 10.1 Å². The first-order chi connectivity index (χ1) is 17.3. The number of hydrogen-bond donors (Lipinski definition) is 5. The van der Waals surface area contributed by atoms with E-state index in [1.165, 1.54) is 12.1 Å². The van der Waals surface area contributed by atoms with E-state index < -0.39 is 33.8 Å². The molecule has 2 rings (SSSR count). The van der Waals surface area contributed by atoms with Crippen LogP contribution in [0.1, 0.15) is 34.6 Å². The summed E-state index contributed by atoms with van der Waals surface area (Å²) in [5.74, 6) is -1.58. The third-order valence-electron chi connectivity index (χ3n) is 4.43. The fraction of sp³-hybridized carbons (Fsp3) is 0.458. The maximum atomic E-state index is 12.1. The van der Waals surface area contributed by atoms with Crippen LogP contribution >= 0.6 is 11.8 Å². The number of carboxylic acids is 1. The molecular formula is C24H35N3O8S2. The summed E-state index contributed by atoms with van der Waals surface area (Å²) in [4.78, 5) is 35.0. The number of amides is 2. The highest BCUT2D eigenvalue weighted by atomic mass is 32.2. The third-order valence-corrected chi connectivity index (χ3v) is 6.38. The smallest absolute Gasteiger partial charge is 0.408 e. The van der Waals surface area contributed by atoms with Gasteiger partial charge in [0.1, 0.15) is 16.5 Å². The number of thioether (sulfide) groups is 1. The van der Waals surface area contributed by atoms with E-state index in [2.05, 4.69) is 16.0 Å². The van der Waals surface area contributed by atoms with Gasteiger partial charge in [-0.1, -0.05) is 38.1 Å². The van der Waals surface area contributed by atoms with E-state index >= 15 is 0 Å². The van der Waals surface area contributed by atoms with Crippen LogP contribution in [0.2, 0.25) is 0 Å². The van der Waals surface area contributed by atoms with Gasteiger partial charge in [-0.05, 0) is 32.9 Å². The molecule has 0 spiro atoms. The Labute approximate surface area is 221 Å². The van der Waals surface area contributed by atoms with Crippen LogP contribution in [0, 0.1) is 0 Å². The highest BCUT2D eigenvalue weighted by Crippen LogP contribution is 2.28. The minimum atomic E-state index is -4.37. The molecule has 0 heterocycles. The predicted octanol–water partition coefficient (Wildman–Crippen LogP) is 3.35. The summed E-state index contributed by atoms with van der Waals surface area (Å²) >= 11 is 1.05. The van der Waals surface area contributed by atoms with Crippen LogP contribution in [0.15, 0.2) is 41.3 Å². The number of fused-ring (bicyclic) bond motifs is 1.